The van der Waals surface area contributed by atoms with E-state index >= 15 is 0 Å². The summed E-state index contributed by atoms with van der Waals surface area (Å²) in [6.07, 6.45) is -6.35. The van der Waals surface area contributed by atoms with Crippen LogP contribution in [0.25, 0.3) is 10.8 Å². The summed E-state index contributed by atoms with van der Waals surface area (Å²) >= 11 is 6.86. The number of phenols is 1. The van der Waals surface area contributed by atoms with Crippen molar-refractivity contribution in [3.05, 3.63) is 70.0 Å². The van der Waals surface area contributed by atoms with Crippen molar-refractivity contribution in [3.63, 3.8) is 0 Å². The van der Waals surface area contributed by atoms with Crippen molar-refractivity contribution in [1.82, 2.24) is 15.2 Å². The van der Waals surface area contributed by atoms with Crippen molar-refractivity contribution in [2.24, 2.45) is 0 Å². The van der Waals surface area contributed by atoms with E-state index in [1.165, 1.54) is 39.4 Å². The summed E-state index contributed by atoms with van der Waals surface area (Å²) in [5.41, 5.74) is -2.05. The number of hydrogen-bond acceptors (Lipinski definition) is 18. The number of allylic oxidation sites excluding steroid dienone is 1. The number of rotatable bonds is 11. The number of halogens is 1. The van der Waals surface area contributed by atoms with E-state index in [0.717, 1.165) is 0 Å². The molecule has 2 aliphatic carbocycles. The second-order valence-electron chi connectivity index (χ2n) is 19.7. The topological polar surface area (TPSA) is 239 Å². The molecule has 5 aliphatic heterocycles. The molecular weight excluding hydrogens is 970 g/mol. The van der Waals surface area contributed by atoms with Gasteiger partial charge in [-0.2, -0.15) is 0 Å². The number of pyridine rings is 1. The van der Waals surface area contributed by atoms with Crippen molar-refractivity contribution in [3.8, 4) is 52.4 Å². The first-order chi connectivity index (χ1) is 34.7. The number of carbonyl (C=O) groups excluding carboxylic acids is 2. The summed E-state index contributed by atoms with van der Waals surface area (Å²) in [5.74, 6) is 11.4. The van der Waals surface area contributed by atoms with Gasteiger partial charge in [0, 0.05) is 47.6 Å². The highest BCUT2D eigenvalue weighted by atomic mass is 35.5. The first-order valence-corrected chi connectivity index (χ1v) is 24.5. The summed E-state index contributed by atoms with van der Waals surface area (Å²) in [5, 5.41) is 48.0. The summed E-state index contributed by atoms with van der Waals surface area (Å²) in [6, 6.07) is 5.81. The number of benzene rings is 2. The fraction of sp³-hybridized carbons (Fsp3) is 0.528. The Hall–Kier alpha value is -5.68. The van der Waals surface area contributed by atoms with Gasteiger partial charge in [0.1, 0.15) is 42.8 Å². The average Bonchev–Trinajstić information content (AvgIpc) is 3.95. The molecule has 3 aromatic rings. The van der Waals surface area contributed by atoms with E-state index in [1.807, 2.05) is 39.8 Å². The highest BCUT2D eigenvalue weighted by Gasteiger charge is 2.70. The van der Waals surface area contributed by atoms with Crippen molar-refractivity contribution in [1.29, 1.82) is 0 Å². The lowest BCUT2D eigenvalue weighted by atomic mass is 9.88. The molecular formula is C53H60ClN3O16. The number of carbonyl (C=O) groups is 2. The molecule has 6 heterocycles. The van der Waals surface area contributed by atoms with Gasteiger partial charge in [-0.1, -0.05) is 35.3 Å². The fourth-order valence-electron chi connectivity index (χ4n) is 10.3. The Morgan fingerprint density at radius 2 is 1.78 bits per heavy atom. The lowest BCUT2D eigenvalue weighted by molar-refractivity contribution is -0.290. The van der Waals surface area contributed by atoms with Crippen LogP contribution < -0.4 is 24.3 Å². The lowest BCUT2D eigenvalue weighted by Crippen LogP contribution is -2.57. The van der Waals surface area contributed by atoms with E-state index in [9.17, 15) is 30.0 Å². The lowest BCUT2D eigenvalue weighted by Gasteiger charge is -2.43. The number of methoxy groups -OCH3 is 2. The number of amides is 1. The zero-order chi connectivity index (χ0) is 52.3. The molecule has 20 heteroatoms. The number of likely N-dealkylation sites (N-methyl/N-ethyl adjacent to an activating group) is 1. The Kier molecular flexibility index (Phi) is 14.7. The molecule has 5 N–H and O–H groups in total. The Balaban J connectivity index is 1.09. The van der Waals surface area contributed by atoms with Crippen LogP contribution in [0.1, 0.15) is 63.5 Å². The maximum absolute atomic E-state index is 14.5. The quantitative estimate of drug-likeness (QED) is 0.0800. The van der Waals surface area contributed by atoms with Crippen LogP contribution in [-0.4, -0.2) is 168 Å². The first-order valence-electron chi connectivity index (χ1n) is 24.1. The molecule has 1 aromatic heterocycles. The summed E-state index contributed by atoms with van der Waals surface area (Å²) in [7, 11) is 6.58. The van der Waals surface area contributed by atoms with E-state index in [-0.39, 0.29) is 70.6 Å². The van der Waals surface area contributed by atoms with Crippen molar-refractivity contribution < 1.29 is 77.4 Å². The van der Waals surface area contributed by atoms with Gasteiger partial charge in [-0.3, -0.25) is 4.79 Å². The maximum Gasteiger partial charge on any atom is 0.329 e. The minimum atomic E-state index is -1.55. The molecule has 5 bridgehead atoms. The molecule has 13 unspecified atom stereocenters. The van der Waals surface area contributed by atoms with E-state index in [1.54, 1.807) is 31.2 Å². The molecule has 0 saturated carbocycles. The molecule has 0 radical (unpaired) electrons. The van der Waals surface area contributed by atoms with Gasteiger partial charge in [-0.15, -0.1) is 0 Å². The Bertz CT molecular complexity index is 2840. The monoisotopic (exact) mass is 1030 g/mol. The molecule has 1 amide bonds. The van der Waals surface area contributed by atoms with E-state index in [0.29, 0.717) is 22.1 Å². The largest absolute Gasteiger partial charge is 0.507 e. The Morgan fingerprint density at radius 3 is 2.47 bits per heavy atom. The number of epoxide rings is 1. The van der Waals surface area contributed by atoms with E-state index in [4.69, 9.17) is 59.0 Å². The molecule has 1 spiro atoms. The van der Waals surface area contributed by atoms with Crippen LogP contribution in [0, 0.1) is 23.7 Å². The zero-order valence-corrected chi connectivity index (χ0v) is 42.6. The summed E-state index contributed by atoms with van der Waals surface area (Å²) < 4.78 is 61.9. The second kappa shape index (κ2) is 20.6. The van der Waals surface area contributed by atoms with Gasteiger partial charge in [0.2, 0.25) is 5.75 Å². The van der Waals surface area contributed by atoms with Crippen molar-refractivity contribution >= 4 is 34.2 Å². The first kappa shape index (κ1) is 52.2. The average molecular weight is 1030 g/mol. The van der Waals surface area contributed by atoms with Gasteiger partial charge >= 0.3 is 5.97 Å². The molecule has 390 valence electrons. The molecule has 3 saturated heterocycles. The number of esters is 1. The van der Waals surface area contributed by atoms with Gasteiger partial charge in [0.05, 0.1) is 55.8 Å². The van der Waals surface area contributed by atoms with E-state index in [2.05, 4.69) is 34.0 Å². The maximum atomic E-state index is 14.5. The minimum Gasteiger partial charge on any atom is -0.507 e. The van der Waals surface area contributed by atoms with Crippen molar-refractivity contribution in [2.45, 2.75) is 145 Å². The zero-order valence-electron chi connectivity index (χ0n) is 41.8. The van der Waals surface area contributed by atoms with Crippen LogP contribution in [0.5, 0.6) is 28.7 Å². The minimum absolute atomic E-state index is 0.0664. The number of aromatic nitrogens is 1. The van der Waals surface area contributed by atoms with E-state index < -0.39 is 103 Å². The highest BCUT2D eigenvalue weighted by Crippen LogP contribution is 2.54. The normalized spacial score (nSPS) is 33.6. The molecule has 2 aromatic carbocycles. The molecule has 73 heavy (non-hydrogen) atoms. The highest BCUT2D eigenvalue weighted by molar-refractivity contribution is 6.30. The Labute approximate surface area is 427 Å². The van der Waals surface area contributed by atoms with Gasteiger partial charge in [-0.05, 0) is 90.5 Å². The van der Waals surface area contributed by atoms with Crippen LogP contribution in [0.3, 0.4) is 0 Å². The van der Waals surface area contributed by atoms with Crippen LogP contribution >= 0.6 is 11.6 Å². The summed E-state index contributed by atoms with van der Waals surface area (Å²) in [6.45, 7) is 8.20. The third-order valence-corrected chi connectivity index (χ3v) is 14.1. The van der Waals surface area contributed by atoms with Gasteiger partial charge in [0.25, 0.3) is 5.91 Å². The predicted octanol–water partition coefficient (Wildman–Crippen LogP) is 3.51. The number of aliphatic hydroxyl groups is 3. The number of nitrogens with zero attached hydrogens (tertiary/aromatic N) is 2. The number of phenolic OH excluding ortho intramolecular Hbond substituents is 1. The number of fused-ring (bicyclic) bond motifs is 8. The molecule has 19 nitrogen and oxygen atoms in total. The third kappa shape index (κ3) is 10.3. The van der Waals surface area contributed by atoms with Gasteiger partial charge < -0.3 is 78.0 Å². The molecule has 7 aliphatic rings. The standard InChI is InChI=1S/C53H60ClN3O16/c1-25(2)67-38-18-29-17-35(58)33(21-32(29)45(64-8)46(38)65-9)50(61)56-34-20-31-15-16-37(49(54)55-31)70-39-19-30-14-13-28(40(24-66-51(34)62)71-42-22-36(59)44(57(6)7)26(3)68-42)11-10-12-41-53(30,73-41)48(39)72-43-23-52(5,63)47(60)27(4)69-43/h11,15-19,21,25-27,34,36,39-44,47-48,58-60,63H,20,22-24H2,1-9H3,(H,56,61)/t26?,27?,34?,36?,39-,40?,41?,42?,43?,44?,47?,48?,52?,53?/m1/s1. The number of ether oxygens (including phenoxy) is 10. The van der Waals surface area contributed by atoms with Crippen molar-refractivity contribution in [2.75, 3.05) is 34.9 Å². The number of aliphatic hydroxyl groups excluding tert-OH is 2. The number of hydrogen-bond donors (Lipinski definition) is 5. The predicted molar refractivity (Wildman–Crippen MR) is 261 cm³/mol. The van der Waals surface area contributed by atoms with Gasteiger partial charge in [-0.25, -0.2) is 9.78 Å². The van der Waals surface area contributed by atoms with Crippen LogP contribution in [0.15, 0.2) is 53.6 Å². The smallest absolute Gasteiger partial charge is 0.329 e. The SMILES string of the molecule is COc1c(OC(C)C)cc2cc(O)c(C(=O)NC3Cc4ccc(c(Cl)n4)O[C@@H]4C=C5C#CC(=CC#CC6OC56C4OC4CC(C)(O)C(O)C(C)O4)C(OC4CC(O)C(N(C)C)C(C)O4)COC3=O)cc2c1OC. The molecule has 3 fully saturated rings. The Morgan fingerprint density at radius 1 is 1.03 bits per heavy atom. The molecule has 10 rings (SSSR count). The van der Waals surface area contributed by atoms with Gasteiger partial charge in [0.15, 0.2) is 46.7 Å². The number of nitrogens with one attached hydrogen (secondary N) is 1. The second-order valence-corrected chi connectivity index (χ2v) is 20.1. The van der Waals surface area contributed by atoms with Crippen LogP contribution in [0.2, 0.25) is 5.15 Å². The fourth-order valence-corrected chi connectivity index (χ4v) is 10.5. The number of aromatic hydroxyl groups is 1. The summed E-state index contributed by atoms with van der Waals surface area (Å²) in [4.78, 5) is 35.3. The van der Waals surface area contributed by atoms with Crippen LogP contribution in [0.4, 0.5) is 0 Å². The van der Waals surface area contributed by atoms with Crippen LogP contribution in [-0.2, 0) is 39.6 Å². The molecule has 14 atom stereocenters. The third-order valence-electron chi connectivity index (χ3n) is 13.8.